The van der Waals surface area contributed by atoms with Gasteiger partial charge in [0.2, 0.25) is 5.88 Å². The molecule has 0 unspecified atom stereocenters. The molecule has 8 nitrogen and oxygen atoms in total. The molecular weight excluding hydrogens is 486 g/mol. The van der Waals surface area contributed by atoms with E-state index in [0.29, 0.717) is 44.7 Å². The molecular formula is C21H17BrClN5O3. The van der Waals surface area contributed by atoms with Gasteiger partial charge in [0, 0.05) is 30.8 Å². The van der Waals surface area contributed by atoms with Gasteiger partial charge in [-0.05, 0) is 59.3 Å². The van der Waals surface area contributed by atoms with Gasteiger partial charge < -0.3 is 9.26 Å². The SMILES string of the molecule is O=C(CCc1cc(Cl)cnc1Oc1ccc2c(nnn2CC2CC2)c1Br)c1ccon1. The average molecular weight is 503 g/mol. The highest BCUT2D eigenvalue weighted by molar-refractivity contribution is 9.10. The number of rotatable bonds is 8. The zero-order valence-corrected chi connectivity index (χ0v) is 18.6. The van der Waals surface area contributed by atoms with E-state index >= 15 is 0 Å². The first-order chi connectivity index (χ1) is 15.1. The lowest BCUT2D eigenvalue weighted by molar-refractivity contribution is 0.0974. The number of Topliss-reactive ketones (excluding diaryl/α,β-unsaturated/α-hetero) is 1. The molecule has 3 heterocycles. The largest absolute Gasteiger partial charge is 0.437 e. The molecule has 1 aliphatic rings. The third kappa shape index (κ3) is 4.33. The van der Waals surface area contributed by atoms with Crippen LogP contribution < -0.4 is 4.74 Å². The number of ketones is 1. The Labute approximate surface area is 190 Å². The van der Waals surface area contributed by atoms with Gasteiger partial charge in [-0.25, -0.2) is 9.67 Å². The van der Waals surface area contributed by atoms with E-state index in [1.807, 2.05) is 16.8 Å². The zero-order chi connectivity index (χ0) is 21.4. The fourth-order valence-electron chi connectivity index (χ4n) is 3.32. The first kappa shape index (κ1) is 20.1. The van der Waals surface area contributed by atoms with E-state index < -0.39 is 0 Å². The molecule has 10 heteroatoms. The number of aryl methyl sites for hydroxylation is 1. The Balaban J connectivity index is 1.38. The van der Waals surface area contributed by atoms with Crippen LogP contribution in [0.2, 0.25) is 5.02 Å². The summed E-state index contributed by atoms with van der Waals surface area (Å²) in [6, 6.07) is 7.10. The standard InChI is InChI=1S/C21H17BrClN5O3/c22-19-18(6-4-16-20(19)25-27-28(16)11-12-1-2-12)31-21-13(9-14(23)10-24-21)3-5-17(29)15-7-8-30-26-15/h4,6-10,12H,1-3,5,11H2. The maximum absolute atomic E-state index is 12.3. The highest BCUT2D eigenvalue weighted by Gasteiger charge is 2.24. The van der Waals surface area contributed by atoms with Crippen molar-refractivity contribution in [3.8, 4) is 11.6 Å². The first-order valence-corrected chi connectivity index (χ1v) is 11.0. The van der Waals surface area contributed by atoms with Gasteiger partial charge in [-0.2, -0.15) is 0 Å². The van der Waals surface area contributed by atoms with Crippen molar-refractivity contribution < 1.29 is 14.1 Å². The molecule has 0 aliphatic heterocycles. The summed E-state index contributed by atoms with van der Waals surface area (Å²) in [6.07, 6.45) is 5.99. The number of nitrogens with zero attached hydrogens (tertiary/aromatic N) is 5. The molecule has 4 aromatic rings. The van der Waals surface area contributed by atoms with E-state index in [-0.39, 0.29) is 12.2 Å². The lowest BCUT2D eigenvalue weighted by Gasteiger charge is -2.12. The Morgan fingerprint density at radius 1 is 1.32 bits per heavy atom. The summed E-state index contributed by atoms with van der Waals surface area (Å²) in [4.78, 5) is 16.6. The normalized spacial score (nSPS) is 13.6. The molecule has 0 N–H and O–H groups in total. The first-order valence-electron chi connectivity index (χ1n) is 9.86. The van der Waals surface area contributed by atoms with Gasteiger partial charge in [0.05, 0.1) is 15.0 Å². The third-order valence-electron chi connectivity index (χ3n) is 5.16. The number of carbonyl (C=O) groups is 1. The maximum Gasteiger partial charge on any atom is 0.222 e. The van der Waals surface area contributed by atoms with Crippen molar-refractivity contribution in [1.82, 2.24) is 25.1 Å². The van der Waals surface area contributed by atoms with Crippen molar-refractivity contribution in [3.63, 3.8) is 0 Å². The number of fused-ring (bicyclic) bond motifs is 1. The highest BCUT2D eigenvalue weighted by atomic mass is 79.9. The number of carbonyl (C=O) groups excluding carboxylic acids is 1. The number of benzene rings is 1. The van der Waals surface area contributed by atoms with Crippen molar-refractivity contribution in [2.24, 2.45) is 5.92 Å². The number of ether oxygens (including phenoxy) is 1. The summed E-state index contributed by atoms with van der Waals surface area (Å²) in [6.45, 7) is 0.881. The van der Waals surface area contributed by atoms with E-state index in [2.05, 4.69) is 36.4 Å². The molecule has 0 bridgehead atoms. The van der Waals surface area contributed by atoms with E-state index in [1.165, 1.54) is 25.3 Å². The number of hydrogen-bond donors (Lipinski definition) is 0. The van der Waals surface area contributed by atoms with Crippen molar-refractivity contribution in [2.45, 2.75) is 32.2 Å². The third-order valence-corrected chi connectivity index (χ3v) is 6.13. The quantitative estimate of drug-likeness (QED) is 0.304. The Kier molecular flexibility index (Phi) is 5.45. The van der Waals surface area contributed by atoms with Gasteiger partial charge in [-0.3, -0.25) is 4.79 Å². The lowest BCUT2D eigenvalue weighted by atomic mass is 10.1. The van der Waals surface area contributed by atoms with Crippen LogP contribution in [-0.2, 0) is 13.0 Å². The second-order valence-corrected chi connectivity index (χ2v) is 8.72. The monoisotopic (exact) mass is 501 g/mol. The molecule has 0 radical (unpaired) electrons. The predicted molar refractivity (Wildman–Crippen MR) is 116 cm³/mol. The van der Waals surface area contributed by atoms with Gasteiger partial charge in [-0.15, -0.1) is 5.10 Å². The molecule has 1 saturated carbocycles. The van der Waals surface area contributed by atoms with Crippen LogP contribution in [0.5, 0.6) is 11.6 Å². The van der Waals surface area contributed by atoms with Crippen LogP contribution in [0.1, 0.15) is 35.3 Å². The molecule has 158 valence electrons. The van der Waals surface area contributed by atoms with Crippen LogP contribution in [0, 0.1) is 5.92 Å². The minimum Gasteiger partial charge on any atom is -0.437 e. The van der Waals surface area contributed by atoms with Gasteiger partial charge in [0.25, 0.3) is 0 Å². The molecule has 0 amide bonds. The number of pyridine rings is 1. The van der Waals surface area contributed by atoms with Crippen LogP contribution in [0.15, 0.2) is 45.7 Å². The summed E-state index contributed by atoms with van der Waals surface area (Å²) in [5, 5.41) is 12.7. The number of aromatic nitrogens is 5. The topological polar surface area (TPSA) is 95.9 Å². The second kappa shape index (κ2) is 8.39. The second-order valence-electron chi connectivity index (χ2n) is 7.49. The van der Waals surface area contributed by atoms with Gasteiger partial charge in [0.1, 0.15) is 23.2 Å². The molecule has 1 aliphatic carbocycles. The Hall–Kier alpha value is -2.78. The summed E-state index contributed by atoms with van der Waals surface area (Å²) in [5.74, 6) is 1.50. The fourth-order valence-corrected chi connectivity index (χ4v) is 4.00. The lowest BCUT2D eigenvalue weighted by Crippen LogP contribution is -2.03. The van der Waals surface area contributed by atoms with Gasteiger partial charge >= 0.3 is 0 Å². The van der Waals surface area contributed by atoms with E-state index in [9.17, 15) is 4.79 Å². The molecule has 0 spiro atoms. The minimum absolute atomic E-state index is 0.130. The summed E-state index contributed by atoms with van der Waals surface area (Å²) < 4.78 is 13.5. The summed E-state index contributed by atoms with van der Waals surface area (Å²) in [5.41, 5.74) is 2.69. The zero-order valence-electron chi connectivity index (χ0n) is 16.3. The van der Waals surface area contributed by atoms with Crippen molar-refractivity contribution >= 4 is 44.3 Å². The minimum atomic E-state index is -0.130. The Bertz CT molecular complexity index is 1250. The molecule has 5 rings (SSSR count). The van der Waals surface area contributed by atoms with Crippen LogP contribution >= 0.6 is 27.5 Å². The molecule has 1 fully saturated rings. The molecule has 0 atom stereocenters. The van der Waals surface area contributed by atoms with Crippen molar-refractivity contribution in [3.05, 3.63) is 57.5 Å². The van der Waals surface area contributed by atoms with E-state index in [0.717, 1.165) is 17.6 Å². The molecule has 1 aromatic carbocycles. The van der Waals surface area contributed by atoms with Gasteiger partial charge in [0.15, 0.2) is 5.78 Å². The van der Waals surface area contributed by atoms with Crippen molar-refractivity contribution in [2.75, 3.05) is 0 Å². The average Bonchev–Trinajstić information content (AvgIpc) is 3.24. The fraction of sp³-hybridized carbons (Fsp3) is 0.286. The molecule has 0 saturated heterocycles. The Morgan fingerprint density at radius 3 is 2.97 bits per heavy atom. The Morgan fingerprint density at radius 2 is 2.19 bits per heavy atom. The number of halogens is 2. The molecule has 3 aromatic heterocycles. The van der Waals surface area contributed by atoms with Crippen molar-refractivity contribution in [1.29, 1.82) is 0 Å². The van der Waals surface area contributed by atoms with Crippen LogP contribution in [0.3, 0.4) is 0 Å². The van der Waals surface area contributed by atoms with Crippen LogP contribution in [0.25, 0.3) is 11.0 Å². The van der Waals surface area contributed by atoms with E-state index in [4.69, 9.17) is 20.9 Å². The summed E-state index contributed by atoms with van der Waals surface area (Å²) >= 11 is 9.73. The summed E-state index contributed by atoms with van der Waals surface area (Å²) in [7, 11) is 0. The van der Waals surface area contributed by atoms with E-state index in [1.54, 1.807) is 12.1 Å². The van der Waals surface area contributed by atoms with Crippen LogP contribution in [-0.4, -0.2) is 30.9 Å². The number of hydrogen-bond acceptors (Lipinski definition) is 7. The predicted octanol–water partition coefficient (Wildman–Crippen LogP) is 5.25. The smallest absolute Gasteiger partial charge is 0.222 e. The molecule has 31 heavy (non-hydrogen) atoms. The van der Waals surface area contributed by atoms with Gasteiger partial charge in [-0.1, -0.05) is 22.0 Å². The highest BCUT2D eigenvalue weighted by Crippen LogP contribution is 2.37. The van der Waals surface area contributed by atoms with Crippen LogP contribution in [0.4, 0.5) is 0 Å². The maximum atomic E-state index is 12.3.